The summed E-state index contributed by atoms with van der Waals surface area (Å²) in [7, 11) is 0. The number of fused-ring (bicyclic) bond motifs is 1. The van der Waals surface area contributed by atoms with E-state index in [1.165, 1.54) is 37.7 Å². The topological polar surface area (TPSA) is 17.1 Å². The number of hydrogen-bond acceptors (Lipinski definition) is 1. The number of aldehydes is 1. The summed E-state index contributed by atoms with van der Waals surface area (Å²) < 4.78 is 0. The zero-order chi connectivity index (χ0) is 11.8. The third-order valence-electron chi connectivity index (χ3n) is 4.93. The molecule has 90 valence electrons. The maximum Gasteiger partial charge on any atom is 0.120 e. The van der Waals surface area contributed by atoms with Gasteiger partial charge in [0.25, 0.3) is 0 Å². The molecule has 2 rings (SSSR count). The maximum atomic E-state index is 11.0. The molecule has 16 heavy (non-hydrogen) atoms. The van der Waals surface area contributed by atoms with Gasteiger partial charge in [-0.1, -0.05) is 31.9 Å². The van der Waals surface area contributed by atoms with Crippen LogP contribution in [0.15, 0.2) is 11.6 Å². The minimum atomic E-state index is 0.200. The molecule has 0 radical (unpaired) electrons. The van der Waals surface area contributed by atoms with Crippen molar-refractivity contribution in [2.45, 2.75) is 59.3 Å². The molecule has 1 fully saturated rings. The van der Waals surface area contributed by atoms with Crippen molar-refractivity contribution in [2.24, 2.45) is 16.7 Å². The first kappa shape index (κ1) is 11.9. The lowest BCUT2D eigenvalue weighted by Crippen LogP contribution is -2.44. The number of carbonyl (C=O) groups excluding carboxylic acids is 1. The van der Waals surface area contributed by atoms with Gasteiger partial charge in [-0.05, 0) is 49.4 Å². The van der Waals surface area contributed by atoms with E-state index in [0.717, 1.165) is 12.7 Å². The summed E-state index contributed by atoms with van der Waals surface area (Å²) in [5.41, 5.74) is 2.11. The van der Waals surface area contributed by atoms with Crippen LogP contribution in [0.1, 0.15) is 59.3 Å². The molecule has 0 unspecified atom stereocenters. The van der Waals surface area contributed by atoms with Gasteiger partial charge in [-0.25, -0.2) is 0 Å². The Bertz CT molecular complexity index is 313. The molecule has 0 N–H and O–H groups in total. The van der Waals surface area contributed by atoms with Gasteiger partial charge in [-0.15, -0.1) is 0 Å². The lowest BCUT2D eigenvalue weighted by Gasteiger charge is -2.53. The molecule has 2 atom stereocenters. The Morgan fingerprint density at radius 1 is 1.44 bits per heavy atom. The largest absolute Gasteiger partial charge is 0.303 e. The van der Waals surface area contributed by atoms with E-state index >= 15 is 0 Å². The Balaban J connectivity index is 2.38. The molecule has 0 aromatic rings. The van der Waals surface area contributed by atoms with Crippen LogP contribution in [0.25, 0.3) is 0 Å². The van der Waals surface area contributed by atoms with E-state index < -0.39 is 0 Å². The summed E-state index contributed by atoms with van der Waals surface area (Å²) in [5, 5.41) is 0. The Labute approximate surface area is 99.3 Å². The van der Waals surface area contributed by atoms with Crippen molar-refractivity contribution in [1.29, 1.82) is 0 Å². The molecule has 1 heteroatoms. The zero-order valence-corrected chi connectivity index (χ0v) is 10.9. The molecule has 2 aliphatic rings. The van der Waals surface area contributed by atoms with Crippen LogP contribution in [-0.2, 0) is 4.79 Å². The predicted molar refractivity (Wildman–Crippen MR) is 67.2 cm³/mol. The highest BCUT2D eigenvalue weighted by Crippen LogP contribution is 2.57. The highest BCUT2D eigenvalue weighted by molar-refractivity contribution is 5.52. The molecule has 0 spiro atoms. The van der Waals surface area contributed by atoms with E-state index in [-0.39, 0.29) is 5.41 Å². The van der Waals surface area contributed by atoms with E-state index in [4.69, 9.17) is 0 Å². The SMILES string of the molecule is CC1=C[C@]2(CC=O)CCCC(C)(C)[C@@H]2CC1. The standard InChI is InChI=1S/C15H24O/c1-12-5-6-13-14(2,3)7-4-8-15(13,11-12)9-10-16/h10-11,13H,4-9H2,1-3H3/t13-,15+/m0/s1. The quantitative estimate of drug-likeness (QED) is 0.505. The Hall–Kier alpha value is -0.590. The van der Waals surface area contributed by atoms with Gasteiger partial charge in [0, 0.05) is 6.42 Å². The van der Waals surface area contributed by atoms with Crippen molar-refractivity contribution in [2.75, 3.05) is 0 Å². The van der Waals surface area contributed by atoms with Gasteiger partial charge in [0.05, 0.1) is 0 Å². The number of carbonyl (C=O) groups is 1. The number of hydrogen-bond donors (Lipinski definition) is 0. The van der Waals surface area contributed by atoms with Crippen LogP contribution in [0.3, 0.4) is 0 Å². The average molecular weight is 220 g/mol. The van der Waals surface area contributed by atoms with E-state index in [2.05, 4.69) is 26.8 Å². The molecule has 1 saturated carbocycles. The second-order valence-corrected chi connectivity index (χ2v) is 6.53. The maximum absolute atomic E-state index is 11.0. The highest BCUT2D eigenvalue weighted by Gasteiger charge is 2.48. The fraction of sp³-hybridized carbons (Fsp3) is 0.800. The van der Waals surface area contributed by atoms with Gasteiger partial charge < -0.3 is 4.79 Å². The molecule has 0 aliphatic heterocycles. The Morgan fingerprint density at radius 2 is 2.19 bits per heavy atom. The Kier molecular flexibility index (Phi) is 2.98. The first-order valence-corrected chi connectivity index (χ1v) is 6.62. The molecule has 0 heterocycles. The summed E-state index contributed by atoms with van der Waals surface area (Å²) >= 11 is 0. The van der Waals surface area contributed by atoms with Crippen LogP contribution < -0.4 is 0 Å². The summed E-state index contributed by atoms with van der Waals surface area (Å²) in [6.45, 7) is 7.01. The van der Waals surface area contributed by atoms with Crippen molar-refractivity contribution in [3.63, 3.8) is 0 Å². The molecular formula is C15H24O. The molecule has 0 amide bonds. The van der Waals surface area contributed by atoms with E-state index in [9.17, 15) is 4.79 Å². The van der Waals surface area contributed by atoms with Crippen molar-refractivity contribution in [1.82, 2.24) is 0 Å². The van der Waals surface area contributed by atoms with Crippen molar-refractivity contribution in [3.8, 4) is 0 Å². The molecule has 0 aromatic heterocycles. The molecule has 0 saturated heterocycles. The van der Waals surface area contributed by atoms with Crippen molar-refractivity contribution < 1.29 is 4.79 Å². The van der Waals surface area contributed by atoms with Crippen molar-refractivity contribution in [3.05, 3.63) is 11.6 Å². The van der Waals surface area contributed by atoms with Gasteiger partial charge >= 0.3 is 0 Å². The van der Waals surface area contributed by atoms with Gasteiger partial charge in [-0.2, -0.15) is 0 Å². The molecule has 0 bridgehead atoms. The first-order valence-electron chi connectivity index (χ1n) is 6.62. The minimum Gasteiger partial charge on any atom is -0.303 e. The highest BCUT2D eigenvalue weighted by atomic mass is 16.1. The van der Waals surface area contributed by atoms with E-state index in [0.29, 0.717) is 11.3 Å². The van der Waals surface area contributed by atoms with Crippen LogP contribution in [0.2, 0.25) is 0 Å². The van der Waals surface area contributed by atoms with Gasteiger partial charge in [-0.3, -0.25) is 0 Å². The van der Waals surface area contributed by atoms with E-state index in [1.54, 1.807) is 0 Å². The average Bonchev–Trinajstić information content (AvgIpc) is 2.16. The fourth-order valence-corrected chi connectivity index (χ4v) is 4.24. The third kappa shape index (κ3) is 1.85. The Morgan fingerprint density at radius 3 is 2.88 bits per heavy atom. The second-order valence-electron chi connectivity index (χ2n) is 6.53. The minimum absolute atomic E-state index is 0.200. The lowest BCUT2D eigenvalue weighted by atomic mass is 9.51. The zero-order valence-electron chi connectivity index (χ0n) is 10.9. The van der Waals surface area contributed by atoms with Crippen LogP contribution >= 0.6 is 0 Å². The summed E-state index contributed by atoms with van der Waals surface area (Å²) in [4.78, 5) is 11.0. The van der Waals surface area contributed by atoms with Crippen LogP contribution in [0.5, 0.6) is 0 Å². The number of allylic oxidation sites excluding steroid dienone is 2. The van der Waals surface area contributed by atoms with Crippen LogP contribution in [0.4, 0.5) is 0 Å². The predicted octanol–water partition coefficient (Wildman–Crippen LogP) is 4.13. The molecule has 2 aliphatic carbocycles. The van der Waals surface area contributed by atoms with Crippen molar-refractivity contribution >= 4 is 6.29 Å². The van der Waals surface area contributed by atoms with E-state index in [1.807, 2.05) is 0 Å². The fourth-order valence-electron chi connectivity index (χ4n) is 4.24. The van der Waals surface area contributed by atoms with Gasteiger partial charge in [0.1, 0.15) is 6.29 Å². The normalized spacial score (nSPS) is 37.4. The van der Waals surface area contributed by atoms with Gasteiger partial charge in [0.15, 0.2) is 0 Å². The third-order valence-corrected chi connectivity index (χ3v) is 4.93. The lowest BCUT2D eigenvalue weighted by molar-refractivity contribution is -0.112. The summed E-state index contributed by atoms with van der Waals surface area (Å²) in [6.07, 6.45) is 10.7. The number of rotatable bonds is 2. The molecular weight excluding hydrogens is 196 g/mol. The van der Waals surface area contributed by atoms with Crippen LogP contribution in [0, 0.1) is 16.7 Å². The molecule has 1 nitrogen and oxygen atoms in total. The summed E-state index contributed by atoms with van der Waals surface area (Å²) in [6, 6.07) is 0. The summed E-state index contributed by atoms with van der Waals surface area (Å²) in [5.74, 6) is 0.711. The monoisotopic (exact) mass is 220 g/mol. The second kappa shape index (κ2) is 4.01. The van der Waals surface area contributed by atoms with Gasteiger partial charge in [0.2, 0.25) is 0 Å². The molecule has 0 aromatic carbocycles. The first-order chi connectivity index (χ1) is 7.50. The smallest absolute Gasteiger partial charge is 0.120 e. The van der Waals surface area contributed by atoms with Crippen LogP contribution in [-0.4, -0.2) is 6.29 Å².